The van der Waals surface area contributed by atoms with Gasteiger partial charge in [-0.3, -0.25) is 9.89 Å². The van der Waals surface area contributed by atoms with Crippen molar-refractivity contribution in [2.75, 3.05) is 18.5 Å². The average Bonchev–Trinajstić information content (AvgIpc) is 3.17. The van der Waals surface area contributed by atoms with Gasteiger partial charge >= 0.3 is 0 Å². The van der Waals surface area contributed by atoms with E-state index < -0.39 is 35.6 Å². The molecule has 1 fully saturated rings. The third kappa shape index (κ3) is 4.03. The fourth-order valence-electron chi connectivity index (χ4n) is 3.66. The van der Waals surface area contributed by atoms with Crippen LogP contribution < -0.4 is 10.6 Å². The van der Waals surface area contributed by atoms with Crippen molar-refractivity contribution in [2.24, 2.45) is 5.92 Å². The van der Waals surface area contributed by atoms with Gasteiger partial charge in [0, 0.05) is 25.0 Å². The second-order valence-corrected chi connectivity index (χ2v) is 7.44. The third-order valence-corrected chi connectivity index (χ3v) is 5.38. The van der Waals surface area contributed by atoms with Crippen LogP contribution in [0.3, 0.4) is 0 Å². The van der Waals surface area contributed by atoms with Crippen LogP contribution in [-0.4, -0.2) is 62.6 Å². The molecule has 160 valence electrons. The number of hydrogen-bond acceptors (Lipinski definition) is 7. The van der Waals surface area contributed by atoms with Crippen LogP contribution in [0.1, 0.15) is 30.3 Å². The van der Waals surface area contributed by atoms with Gasteiger partial charge in [-0.2, -0.15) is 5.10 Å². The minimum Gasteiger partial charge on any atom is -0.389 e. The Morgan fingerprint density at radius 1 is 1.37 bits per heavy atom. The number of amides is 1. The molecule has 4 atom stereocenters. The standard InChI is InChI=1S/C19H22F2N6O3/c1-9(11-6-10(20)2-3-12(11)21)24-19(29)16-15-17(22-8-23-18(15)27-26-16)25-13-4-5-30-7-14(13)28/h2-3,8-9,11,13-14,28H,4-7H2,1H3,(H,24,29)(H2,22,23,25,26,27)/t9-,11?,13-,14-/m1/s1. The smallest absolute Gasteiger partial charge is 0.270 e. The Kier molecular flexibility index (Phi) is 5.73. The van der Waals surface area contributed by atoms with Crippen molar-refractivity contribution in [1.29, 1.82) is 0 Å². The number of halogens is 2. The zero-order valence-electron chi connectivity index (χ0n) is 16.2. The zero-order chi connectivity index (χ0) is 21.3. The average molecular weight is 420 g/mol. The van der Waals surface area contributed by atoms with Crippen LogP contribution in [0.4, 0.5) is 14.6 Å². The number of carbonyl (C=O) groups is 1. The van der Waals surface area contributed by atoms with Gasteiger partial charge in [-0.05, 0) is 25.5 Å². The van der Waals surface area contributed by atoms with Gasteiger partial charge in [-0.25, -0.2) is 18.7 Å². The van der Waals surface area contributed by atoms with E-state index in [-0.39, 0.29) is 30.4 Å². The molecule has 4 N–H and O–H groups in total. The highest BCUT2D eigenvalue weighted by Crippen LogP contribution is 2.30. The number of aromatic amines is 1. The number of aliphatic hydroxyl groups excluding tert-OH is 1. The Morgan fingerprint density at radius 2 is 2.20 bits per heavy atom. The summed E-state index contributed by atoms with van der Waals surface area (Å²) in [5.41, 5.74) is 0.363. The lowest BCUT2D eigenvalue weighted by atomic mass is 9.91. The Balaban J connectivity index is 1.56. The van der Waals surface area contributed by atoms with E-state index in [0.29, 0.717) is 24.2 Å². The summed E-state index contributed by atoms with van der Waals surface area (Å²) in [5, 5.41) is 23.0. The normalized spacial score (nSPS) is 25.4. The van der Waals surface area contributed by atoms with Gasteiger partial charge in [-0.1, -0.05) is 0 Å². The first kappa shape index (κ1) is 20.4. The maximum Gasteiger partial charge on any atom is 0.270 e. The highest BCUT2D eigenvalue weighted by atomic mass is 19.1. The van der Waals surface area contributed by atoms with E-state index in [4.69, 9.17) is 4.74 Å². The number of ether oxygens (including phenoxy) is 1. The first-order chi connectivity index (χ1) is 14.4. The number of carbonyl (C=O) groups excluding carboxylic acids is 1. The van der Waals surface area contributed by atoms with Crippen molar-refractivity contribution in [2.45, 2.75) is 38.0 Å². The van der Waals surface area contributed by atoms with E-state index in [1.165, 1.54) is 6.33 Å². The van der Waals surface area contributed by atoms with Gasteiger partial charge in [0.15, 0.2) is 5.65 Å². The van der Waals surface area contributed by atoms with Gasteiger partial charge in [0.1, 0.15) is 29.5 Å². The number of allylic oxidation sites excluding steroid dienone is 3. The minimum absolute atomic E-state index is 0.0951. The number of fused-ring (bicyclic) bond motifs is 1. The molecule has 0 saturated carbocycles. The van der Waals surface area contributed by atoms with Crippen molar-refractivity contribution in [1.82, 2.24) is 25.5 Å². The van der Waals surface area contributed by atoms with E-state index in [2.05, 4.69) is 30.8 Å². The van der Waals surface area contributed by atoms with Gasteiger partial charge in [0.2, 0.25) is 0 Å². The Hall–Kier alpha value is -2.92. The summed E-state index contributed by atoms with van der Waals surface area (Å²) >= 11 is 0. The predicted octanol–water partition coefficient (Wildman–Crippen LogP) is 1.76. The molecule has 9 nitrogen and oxygen atoms in total. The number of H-pyrrole nitrogens is 1. The predicted molar refractivity (Wildman–Crippen MR) is 104 cm³/mol. The number of nitrogens with one attached hydrogen (secondary N) is 3. The monoisotopic (exact) mass is 420 g/mol. The van der Waals surface area contributed by atoms with Gasteiger partial charge in [0.05, 0.1) is 24.1 Å². The van der Waals surface area contributed by atoms with E-state index >= 15 is 0 Å². The maximum atomic E-state index is 14.1. The molecular formula is C19H22F2N6O3. The largest absolute Gasteiger partial charge is 0.389 e. The summed E-state index contributed by atoms with van der Waals surface area (Å²) in [6.07, 6.45) is 3.19. The quantitative estimate of drug-likeness (QED) is 0.581. The Bertz CT molecular complexity index is 1010. The molecule has 30 heavy (non-hydrogen) atoms. The number of aliphatic hydroxyl groups is 1. The molecule has 1 unspecified atom stereocenters. The van der Waals surface area contributed by atoms with Crippen molar-refractivity contribution in [3.63, 3.8) is 0 Å². The van der Waals surface area contributed by atoms with Crippen LogP contribution in [0.5, 0.6) is 0 Å². The fourth-order valence-corrected chi connectivity index (χ4v) is 3.66. The summed E-state index contributed by atoms with van der Waals surface area (Å²) in [4.78, 5) is 21.1. The Morgan fingerprint density at radius 3 is 3.00 bits per heavy atom. The van der Waals surface area contributed by atoms with Gasteiger partial charge in [0.25, 0.3) is 5.91 Å². The maximum absolute atomic E-state index is 14.1. The number of rotatable bonds is 5. The molecule has 0 radical (unpaired) electrons. The summed E-state index contributed by atoms with van der Waals surface area (Å²) in [6.45, 7) is 2.31. The van der Waals surface area contributed by atoms with E-state index in [1.807, 2.05) is 0 Å². The van der Waals surface area contributed by atoms with Crippen molar-refractivity contribution in [3.8, 4) is 0 Å². The number of anilines is 1. The summed E-state index contributed by atoms with van der Waals surface area (Å²) in [5.74, 6) is -1.92. The lowest BCUT2D eigenvalue weighted by Gasteiger charge is -2.29. The molecule has 0 spiro atoms. The molecule has 1 saturated heterocycles. The molecule has 1 aliphatic heterocycles. The molecule has 2 aromatic heterocycles. The molecule has 0 bridgehead atoms. The molecule has 0 aromatic carbocycles. The summed E-state index contributed by atoms with van der Waals surface area (Å²) in [6, 6.07) is -0.970. The SMILES string of the molecule is C[C@@H](NC(=O)c1[nH]nc2ncnc(N[C@@H]3CCOC[C@H]3O)c12)C1CC(F)=CC=C1F. The van der Waals surface area contributed by atoms with Gasteiger partial charge in [-0.15, -0.1) is 0 Å². The Labute approximate surface area is 170 Å². The highest BCUT2D eigenvalue weighted by molar-refractivity contribution is 6.07. The second kappa shape index (κ2) is 8.44. The molecule has 1 amide bonds. The lowest BCUT2D eigenvalue weighted by molar-refractivity contribution is -0.0135. The van der Waals surface area contributed by atoms with Crippen LogP contribution in [0.25, 0.3) is 11.0 Å². The minimum atomic E-state index is -0.792. The summed E-state index contributed by atoms with van der Waals surface area (Å²) < 4.78 is 32.9. The fraction of sp³-hybridized carbons (Fsp3) is 0.474. The topological polar surface area (TPSA) is 125 Å². The second-order valence-electron chi connectivity index (χ2n) is 7.44. The van der Waals surface area contributed by atoms with E-state index in [0.717, 1.165) is 12.2 Å². The summed E-state index contributed by atoms with van der Waals surface area (Å²) in [7, 11) is 0. The molecule has 2 aliphatic rings. The first-order valence-electron chi connectivity index (χ1n) is 9.68. The molecule has 2 aromatic rings. The van der Waals surface area contributed by atoms with Crippen molar-refractivity contribution in [3.05, 3.63) is 35.8 Å². The third-order valence-electron chi connectivity index (χ3n) is 5.38. The van der Waals surface area contributed by atoms with Crippen molar-refractivity contribution < 1.29 is 23.4 Å². The molecule has 1 aliphatic carbocycles. The van der Waals surface area contributed by atoms with E-state index in [9.17, 15) is 18.7 Å². The van der Waals surface area contributed by atoms with Crippen LogP contribution in [-0.2, 0) is 4.74 Å². The molecule has 4 rings (SSSR count). The number of hydrogen-bond donors (Lipinski definition) is 4. The van der Waals surface area contributed by atoms with Crippen LogP contribution in [0.2, 0.25) is 0 Å². The van der Waals surface area contributed by atoms with Crippen molar-refractivity contribution >= 4 is 22.8 Å². The van der Waals surface area contributed by atoms with Crippen LogP contribution in [0, 0.1) is 5.92 Å². The first-order valence-corrected chi connectivity index (χ1v) is 9.68. The number of aromatic nitrogens is 4. The molecular weight excluding hydrogens is 398 g/mol. The van der Waals surface area contributed by atoms with E-state index in [1.54, 1.807) is 6.92 Å². The van der Waals surface area contributed by atoms with Crippen LogP contribution >= 0.6 is 0 Å². The lowest BCUT2D eigenvalue weighted by Crippen LogP contribution is -2.42. The number of nitrogens with zero attached hydrogens (tertiary/aromatic N) is 3. The highest BCUT2D eigenvalue weighted by Gasteiger charge is 2.30. The van der Waals surface area contributed by atoms with Crippen LogP contribution in [0.15, 0.2) is 30.1 Å². The molecule has 11 heteroatoms. The zero-order valence-corrected chi connectivity index (χ0v) is 16.2. The molecule has 3 heterocycles. The van der Waals surface area contributed by atoms with Gasteiger partial charge < -0.3 is 20.5 Å².